The number of carbonyl (C=O) groups excluding carboxylic acids is 2. The monoisotopic (exact) mass is 382 g/mol. The lowest BCUT2D eigenvalue weighted by atomic mass is 9.96. The highest BCUT2D eigenvalue weighted by Crippen LogP contribution is 2.19. The zero-order chi connectivity index (χ0) is 18.2. The molecule has 0 spiro atoms. The Kier molecular flexibility index (Phi) is 9.44. The average Bonchev–Trinajstić information content (AvgIpc) is 2.62. The first-order valence-electron chi connectivity index (χ1n) is 9.07. The molecule has 0 bridgehead atoms. The predicted octanol–water partition coefficient (Wildman–Crippen LogP) is 2.37. The molecule has 0 aromatic heterocycles. The number of hydrogen-bond donors (Lipinski definition) is 2. The van der Waals surface area contributed by atoms with Gasteiger partial charge < -0.3 is 20.9 Å². The van der Waals surface area contributed by atoms with Crippen molar-refractivity contribution < 1.29 is 9.59 Å². The van der Waals surface area contributed by atoms with Crippen molar-refractivity contribution in [1.29, 1.82) is 0 Å². The van der Waals surface area contributed by atoms with Crippen LogP contribution in [0.5, 0.6) is 0 Å². The maximum atomic E-state index is 12.5. The van der Waals surface area contributed by atoms with Crippen molar-refractivity contribution in [2.24, 2.45) is 5.73 Å². The van der Waals surface area contributed by atoms with Crippen molar-refractivity contribution in [3.8, 4) is 0 Å². The summed E-state index contributed by atoms with van der Waals surface area (Å²) < 4.78 is 0. The molecule has 7 heteroatoms. The van der Waals surface area contributed by atoms with E-state index >= 15 is 0 Å². The maximum Gasteiger partial charge on any atom is 0.317 e. The van der Waals surface area contributed by atoms with Gasteiger partial charge in [0.2, 0.25) is 5.91 Å². The Bertz CT molecular complexity index is 568. The third-order valence-electron chi connectivity index (χ3n) is 4.70. The zero-order valence-electron chi connectivity index (χ0n) is 15.7. The van der Waals surface area contributed by atoms with Crippen LogP contribution in [0.1, 0.15) is 38.2 Å². The molecule has 3 N–H and O–H groups in total. The van der Waals surface area contributed by atoms with Crippen molar-refractivity contribution in [2.45, 2.75) is 51.2 Å². The highest BCUT2D eigenvalue weighted by Gasteiger charge is 2.28. The summed E-state index contributed by atoms with van der Waals surface area (Å²) in [5, 5.41) is 2.82. The maximum absolute atomic E-state index is 12.5. The van der Waals surface area contributed by atoms with Gasteiger partial charge in [-0.1, -0.05) is 30.3 Å². The second kappa shape index (κ2) is 11.0. The van der Waals surface area contributed by atoms with Gasteiger partial charge in [-0.2, -0.15) is 0 Å². The van der Waals surface area contributed by atoms with Gasteiger partial charge in [0.25, 0.3) is 0 Å². The predicted molar refractivity (Wildman–Crippen MR) is 106 cm³/mol. The number of piperidine rings is 1. The Hall–Kier alpha value is -1.79. The van der Waals surface area contributed by atoms with Crippen LogP contribution < -0.4 is 11.1 Å². The van der Waals surface area contributed by atoms with E-state index in [0.717, 1.165) is 31.4 Å². The molecule has 26 heavy (non-hydrogen) atoms. The van der Waals surface area contributed by atoms with Crippen molar-refractivity contribution in [2.75, 3.05) is 20.1 Å². The fourth-order valence-corrected chi connectivity index (χ4v) is 3.30. The standard InChI is InChI=1S/C19H30N4O2.ClH/c1-15(20)17-10-6-7-13-23(17)18(24)11-12-21-19(25)22(2)14-16-8-4-3-5-9-16;/h3-5,8-9,15,17H,6-7,10-14,20H2,1-2H3,(H,21,25);1H. The minimum atomic E-state index is -0.168. The van der Waals surface area contributed by atoms with Crippen molar-refractivity contribution in [1.82, 2.24) is 15.1 Å². The van der Waals surface area contributed by atoms with Crippen LogP contribution in [-0.4, -0.2) is 54.0 Å². The normalized spacial score (nSPS) is 17.8. The fourth-order valence-electron chi connectivity index (χ4n) is 3.30. The van der Waals surface area contributed by atoms with Crippen LogP contribution in [0.15, 0.2) is 30.3 Å². The molecule has 1 aliphatic rings. The lowest BCUT2D eigenvalue weighted by Gasteiger charge is -2.38. The number of rotatable bonds is 6. The van der Waals surface area contributed by atoms with E-state index in [1.54, 1.807) is 11.9 Å². The lowest BCUT2D eigenvalue weighted by molar-refractivity contribution is -0.135. The van der Waals surface area contributed by atoms with Gasteiger partial charge >= 0.3 is 6.03 Å². The molecule has 6 nitrogen and oxygen atoms in total. The molecule has 0 saturated carbocycles. The molecular weight excluding hydrogens is 352 g/mol. The van der Waals surface area contributed by atoms with E-state index in [4.69, 9.17) is 5.73 Å². The second-order valence-electron chi connectivity index (χ2n) is 6.83. The summed E-state index contributed by atoms with van der Waals surface area (Å²) >= 11 is 0. The van der Waals surface area contributed by atoms with E-state index in [1.807, 2.05) is 42.2 Å². The number of likely N-dealkylation sites (tertiary alicyclic amines) is 1. The number of halogens is 1. The summed E-state index contributed by atoms with van der Waals surface area (Å²) in [5.41, 5.74) is 7.09. The number of nitrogens with zero attached hydrogens (tertiary/aromatic N) is 2. The first kappa shape index (κ1) is 22.3. The summed E-state index contributed by atoms with van der Waals surface area (Å²) in [7, 11) is 1.75. The molecule has 1 aromatic rings. The molecule has 3 amide bonds. The molecule has 1 aliphatic heterocycles. The van der Waals surface area contributed by atoms with E-state index < -0.39 is 0 Å². The van der Waals surface area contributed by atoms with Gasteiger partial charge in [0.1, 0.15) is 0 Å². The van der Waals surface area contributed by atoms with Crippen LogP contribution in [-0.2, 0) is 11.3 Å². The van der Waals surface area contributed by atoms with Crippen molar-refractivity contribution in [3.63, 3.8) is 0 Å². The van der Waals surface area contributed by atoms with Crippen molar-refractivity contribution in [3.05, 3.63) is 35.9 Å². The number of nitrogens with one attached hydrogen (secondary N) is 1. The molecule has 2 atom stereocenters. The Morgan fingerprint density at radius 3 is 2.65 bits per heavy atom. The summed E-state index contributed by atoms with van der Waals surface area (Å²) in [4.78, 5) is 28.1. The molecule has 2 rings (SSSR count). The van der Waals surface area contributed by atoms with Crippen LogP contribution in [0.4, 0.5) is 4.79 Å². The minimum absolute atomic E-state index is 0. The highest BCUT2D eigenvalue weighted by atomic mass is 35.5. The fraction of sp³-hybridized carbons (Fsp3) is 0.579. The van der Waals surface area contributed by atoms with Gasteiger partial charge in [-0.05, 0) is 31.7 Å². The molecule has 1 heterocycles. The Balaban J connectivity index is 0.00000338. The first-order valence-corrected chi connectivity index (χ1v) is 9.07. The Labute approximate surface area is 162 Å². The number of hydrogen-bond acceptors (Lipinski definition) is 3. The largest absolute Gasteiger partial charge is 0.338 e. The van der Waals surface area contributed by atoms with Crippen LogP contribution >= 0.6 is 12.4 Å². The summed E-state index contributed by atoms with van der Waals surface area (Å²) in [5.74, 6) is 0.0769. The molecule has 1 saturated heterocycles. The highest BCUT2D eigenvalue weighted by molar-refractivity contribution is 5.85. The first-order chi connectivity index (χ1) is 12.0. The lowest BCUT2D eigenvalue weighted by Crippen LogP contribution is -2.52. The van der Waals surface area contributed by atoms with Crippen molar-refractivity contribution >= 4 is 24.3 Å². The number of urea groups is 1. The molecule has 1 aromatic carbocycles. The van der Waals surface area contributed by atoms with Gasteiger partial charge in [-0.15, -0.1) is 12.4 Å². The van der Waals surface area contributed by atoms with E-state index in [0.29, 0.717) is 19.5 Å². The molecular formula is C19H31ClN4O2. The number of amides is 3. The zero-order valence-corrected chi connectivity index (χ0v) is 16.5. The van der Waals surface area contributed by atoms with Gasteiger partial charge in [0, 0.05) is 45.2 Å². The molecule has 0 radical (unpaired) electrons. The number of carbonyl (C=O) groups is 2. The minimum Gasteiger partial charge on any atom is -0.338 e. The smallest absolute Gasteiger partial charge is 0.317 e. The Morgan fingerprint density at radius 1 is 1.31 bits per heavy atom. The molecule has 0 aliphatic carbocycles. The van der Waals surface area contributed by atoms with E-state index in [2.05, 4.69) is 5.32 Å². The number of benzene rings is 1. The third-order valence-corrected chi connectivity index (χ3v) is 4.70. The van der Waals surface area contributed by atoms with Gasteiger partial charge in [0.05, 0.1) is 0 Å². The van der Waals surface area contributed by atoms with Gasteiger partial charge in [-0.3, -0.25) is 4.79 Å². The Morgan fingerprint density at radius 2 is 2.00 bits per heavy atom. The van der Waals surface area contributed by atoms with Crippen LogP contribution in [0.2, 0.25) is 0 Å². The third kappa shape index (κ3) is 6.50. The van der Waals surface area contributed by atoms with Crippen LogP contribution in [0, 0.1) is 0 Å². The molecule has 1 fully saturated rings. The van der Waals surface area contributed by atoms with E-state index in [1.165, 1.54) is 0 Å². The molecule has 146 valence electrons. The van der Waals surface area contributed by atoms with Gasteiger partial charge in [-0.25, -0.2) is 4.79 Å². The topological polar surface area (TPSA) is 78.7 Å². The van der Waals surface area contributed by atoms with Gasteiger partial charge in [0.15, 0.2) is 0 Å². The summed E-state index contributed by atoms with van der Waals surface area (Å²) in [6.45, 7) is 3.61. The van der Waals surface area contributed by atoms with Crippen LogP contribution in [0.3, 0.4) is 0 Å². The average molecular weight is 383 g/mol. The second-order valence-corrected chi connectivity index (χ2v) is 6.83. The summed E-state index contributed by atoms with van der Waals surface area (Å²) in [6, 6.07) is 9.76. The van der Waals surface area contributed by atoms with E-state index in [9.17, 15) is 9.59 Å². The summed E-state index contributed by atoms with van der Waals surface area (Å²) in [6.07, 6.45) is 3.43. The quantitative estimate of drug-likeness (QED) is 0.792. The van der Waals surface area contributed by atoms with Crippen LogP contribution in [0.25, 0.3) is 0 Å². The molecule has 2 unspecified atom stereocenters. The van der Waals surface area contributed by atoms with E-state index in [-0.39, 0.29) is 36.4 Å². The number of nitrogens with two attached hydrogens (primary N) is 1. The SMILES string of the molecule is CC(N)C1CCCCN1C(=O)CCNC(=O)N(C)Cc1ccccc1.Cl.